The standard InChI is InChI=1S/C11H14BrNO/c1-13(2)8-11(14)7-9-4-3-5-10(12)6-9/h3-6H,7-8H2,1-2H3. The third-order valence-corrected chi connectivity index (χ3v) is 2.28. The maximum atomic E-state index is 11.5. The molecule has 1 aromatic carbocycles. The molecule has 2 nitrogen and oxygen atoms in total. The predicted octanol–water partition coefficient (Wildman–Crippen LogP) is 2.12. The average Bonchev–Trinajstić information content (AvgIpc) is 2.01. The summed E-state index contributed by atoms with van der Waals surface area (Å²) in [6, 6.07) is 7.86. The Bertz CT molecular complexity index is 323. The molecule has 0 saturated heterocycles. The number of halogens is 1. The van der Waals surface area contributed by atoms with Crippen molar-refractivity contribution in [3.8, 4) is 0 Å². The second-order valence-electron chi connectivity index (χ2n) is 3.58. The Morgan fingerprint density at radius 2 is 2.14 bits per heavy atom. The van der Waals surface area contributed by atoms with Crippen molar-refractivity contribution in [2.45, 2.75) is 6.42 Å². The molecule has 0 aliphatic rings. The fourth-order valence-electron chi connectivity index (χ4n) is 1.28. The van der Waals surface area contributed by atoms with Gasteiger partial charge in [-0.2, -0.15) is 0 Å². The van der Waals surface area contributed by atoms with Gasteiger partial charge in [-0.15, -0.1) is 0 Å². The fourth-order valence-corrected chi connectivity index (χ4v) is 1.73. The summed E-state index contributed by atoms with van der Waals surface area (Å²) in [6.07, 6.45) is 0.512. The largest absolute Gasteiger partial charge is 0.302 e. The number of hydrogen-bond acceptors (Lipinski definition) is 2. The fraction of sp³-hybridized carbons (Fsp3) is 0.364. The van der Waals surface area contributed by atoms with E-state index in [9.17, 15) is 4.79 Å². The van der Waals surface area contributed by atoms with E-state index in [1.165, 1.54) is 0 Å². The summed E-state index contributed by atoms with van der Waals surface area (Å²) in [4.78, 5) is 13.4. The van der Waals surface area contributed by atoms with Crippen LogP contribution in [0.15, 0.2) is 28.7 Å². The summed E-state index contributed by atoms with van der Waals surface area (Å²) in [5, 5.41) is 0. The van der Waals surface area contributed by atoms with Crippen molar-refractivity contribution in [2.75, 3.05) is 20.6 Å². The topological polar surface area (TPSA) is 20.3 Å². The van der Waals surface area contributed by atoms with Crippen LogP contribution >= 0.6 is 15.9 Å². The van der Waals surface area contributed by atoms with Gasteiger partial charge >= 0.3 is 0 Å². The molecule has 0 radical (unpaired) electrons. The van der Waals surface area contributed by atoms with Gasteiger partial charge in [0.1, 0.15) is 0 Å². The van der Waals surface area contributed by atoms with Crippen molar-refractivity contribution < 1.29 is 4.79 Å². The molecule has 0 aliphatic heterocycles. The van der Waals surface area contributed by atoms with Crippen LogP contribution in [0.5, 0.6) is 0 Å². The van der Waals surface area contributed by atoms with Gasteiger partial charge in [0.25, 0.3) is 0 Å². The molecule has 0 N–H and O–H groups in total. The molecule has 1 rings (SSSR count). The van der Waals surface area contributed by atoms with Crippen LogP contribution < -0.4 is 0 Å². The number of nitrogens with zero attached hydrogens (tertiary/aromatic N) is 1. The Labute approximate surface area is 93.0 Å². The van der Waals surface area contributed by atoms with Gasteiger partial charge in [-0.25, -0.2) is 0 Å². The smallest absolute Gasteiger partial charge is 0.151 e. The molecule has 76 valence electrons. The summed E-state index contributed by atoms with van der Waals surface area (Å²) >= 11 is 3.38. The highest BCUT2D eigenvalue weighted by Gasteiger charge is 2.04. The molecule has 0 spiro atoms. The second-order valence-corrected chi connectivity index (χ2v) is 4.50. The van der Waals surface area contributed by atoms with Gasteiger partial charge in [0, 0.05) is 10.9 Å². The predicted molar refractivity (Wildman–Crippen MR) is 61.4 cm³/mol. The number of likely N-dealkylation sites (N-methyl/N-ethyl adjacent to an activating group) is 1. The van der Waals surface area contributed by atoms with Crippen molar-refractivity contribution in [1.29, 1.82) is 0 Å². The van der Waals surface area contributed by atoms with E-state index in [1.54, 1.807) is 0 Å². The zero-order valence-corrected chi connectivity index (χ0v) is 10.0. The van der Waals surface area contributed by atoms with E-state index in [-0.39, 0.29) is 5.78 Å². The number of carbonyl (C=O) groups is 1. The molecule has 0 fully saturated rings. The van der Waals surface area contributed by atoms with E-state index in [0.29, 0.717) is 13.0 Å². The molecule has 0 unspecified atom stereocenters. The van der Waals surface area contributed by atoms with Crippen molar-refractivity contribution in [2.24, 2.45) is 0 Å². The van der Waals surface area contributed by atoms with E-state index in [4.69, 9.17) is 0 Å². The third-order valence-electron chi connectivity index (χ3n) is 1.78. The lowest BCUT2D eigenvalue weighted by atomic mass is 10.1. The third kappa shape index (κ3) is 4.03. The molecule has 3 heteroatoms. The molecule has 0 aromatic heterocycles. The Hall–Kier alpha value is -0.670. The van der Waals surface area contributed by atoms with Crippen LogP contribution in [0.25, 0.3) is 0 Å². The zero-order valence-electron chi connectivity index (χ0n) is 8.46. The van der Waals surface area contributed by atoms with Gasteiger partial charge in [-0.1, -0.05) is 28.1 Å². The molecule has 0 atom stereocenters. The SMILES string of the molecule is CN(C)CC(=O)Cc1cccc(Br)c1. The molecule has 1 aromatic rings. The van der Waals surface area contributed by atoms with E-state index in [2.05, 4.69) is 15.9 Å². The first-order valence-electron chi connectivity index (χ1n) is 4.49. The van der Waals surface area contributed by atoms with Crippen LogP contribution in [0.3, 0.4) is 0 Å². The van der Waals surface area contributed by atoms with Crippen molar-refractivity contribution in [3.05, 3.63) is 34.3 Å². The molecule has 0 amide bonds. The van der Waals surface area contributed by atoms with E-state index < -0.39 is 0 Å². The normalized spacial score (nSPS) is 10.6. The van der Waals surface area contributed by atoms with Gasteiger partial charge < -0.3 is 4.90 Å². The van der Waals surface area contributed by atoms with Gasteiger partial charge in [0.15, 0.2) is 5.78 Å². The van der Waals surface area contributed by atoms with Gasteiger partial charge in [-0.3, -0.25) is 4.79 Å². The maximum Gasteiger partial charge on any atom is 0.151 e. The van der Waals surface area contributed by atoms with Gasteiger partial charge in [-0.05, 0) is 31.8 Å². The first kappa shape index (κ1) is 11.4. The van der Waals surface area contributed by atoms with Crippen LogP contribution in [0.2, 0.25) is 0 Å². The lowest BCUT2D eigenvalue weighted by Gasteiger charge is -2.08. The number of hydrogen-bond donors (Lipinski definition) is 0. The summed E-state index contributed by atoms with van der Waals surface area (Å²) in [5.74, 6) is 0.244. The van der Waals surface area contributed by atoms with Crippen LogP contribution in [-0.2, 0) is 11.2 Å². The summed E-state index contributed by atoms with van der Waals surface area (Å²) in [5.41, 5.74) is 1.06. The Morgan fingerprint density at radius 3 is 2.71 bits per heavy atom. The van der Waals surface area contributed by atoms with Crippen molar-refractivity contribution in [1.82, 2.24) is 4.90 Å². The van der Waals surface area contributed by atoms with E-state index in [1.807, 2.05) is 43.3 Å². The minimum Gasteiger partial charge on any atom is -0.302 e. The minimum absolute atomic E-state index is 0.244. The molecule has 14 heavy (non-hydrogen) atoms. The van der Waals surface area contributed by atoms with Crippen LogP contribution in [0.1, 0.15) is 5.56 Å². The highest BCUT2D eigenvalue weighted by atomic mass is 79.9. The Morgan fingerprint density at radius 1 is 1.43 bits per heavy atom. The minimum atomic E-state index is 0.244. The summed E-state index contributed by atoms with van der Waals surface area (Å²) in [6.45, 7) is 0.506. The monoisotopic (exact) mass is 255 g/mol. The number of benzene rings is 1. The summed E-state index contributed by atoms with van der Waals surface area (Å²) < 4.78 is 1.02. The van der Waals surface area contributed by atoms with Crippen molar-refractivity contribution >= 4 is 21.7 Å². The number of ketones is 1. The summed E-state index contributed by atoms with van der Waals surface area (Å²) in [7, 11) is 3.80. The Kier molecular flexibility index (Phi) is 4.29. The quantitative estimate of drug-likeness (QED) is 0.822. The first-order chi connectivity index (χ1) is 6.58. The highest BCUT2D eigenvalue weighted by Crippen LogP contribution is 2.12. The van der Waals surface area contributed by atoms with E-state index in [0.717, 1.165) is 10.0 Å². The molecule has 0 heterocycles. The first-order valence-corrected chi connectivity index (χ1v) is 5.28. The van der Waals surface area contributed by atoms with Crippen LogP contribution in [0, 0.1) is 0 Å². The number of Topliss-reactive ketones (excluding diaryl/α,β-unsaturated/α-hetero) is 1. The average molecular weight is 256 g/mol. The zero-order chi connectivity index (χ0) is 10.6. The van der Waals surface area contributed by atoms with Gasteiger partial charge in [0.2, 0.25) is 0 Å². The second kappa shape index (κ2) is 5.27. The number of rotatable bonds is 4. The lowest BCUT2D eigenvalue weighted by molar-refractivity contribution is -0.119. The molecular weight excluding hydrogens is 242 g/mol. The maximum absolute atomic E-state index is 11.5. The lowest BCUT2D eigenvalue weighted by Crippen LogP contribution is -2.22. The highest BCUT2D eigenvalue weighted by molar-refractivity contribution is 9.10. The molecule has 0 saturated carbocycles. The number of carbonyl (C=O) groups excluding carboxylic acids is 1. The van der Waals surface area contributed by atoms with Crippen molar-refractivity contribution in [3.63, 3.8) is 0 Å². The molecule has 0 aliphatic carbocycles. The Balaban J connectivity index is 2.56. The van der Waals surface area contributed by atoms with E-state index >= 15 is 0 Å². The van der Waals surface area contributed by atoms with Crippen LogP contribution in [0.4, 0.5) is 0 Å². The molecular formula is C11H14BrNO. The van der Waals surface area contributed by atoms with Gasteiger partial charge in [0.05, 0.1) is 6.54 Å². The molecule has 0 bridgehead atoms. The van der Waals surface area contributed by atoms with Crippen LogP contribution in [-0.4, -0.2) is 31.3 Å².